The molecule has 47 heavy (non-hydrogen) atoms. The number of para-hydroxylation sites is 1. The topological polar surface area (TPSA) is 84.6 Å². The maximum atomic E-state index is 12.9. The summed E-state index contributed by atoms with van der Waals surface area (Å²) in [6.45, 7) is 9.23. The van der Waals surface area contributed by atoms with Gasteiger partial charge in [0.1, 0.15) is 12.1 Å². The van der Waals surface area contributed by atoms with Crippen LogP contribution in [0.1, 0.15) is 57.6 Å². The van der Waals surface area contributed by atoms with Crippen LogP contribution < -0.4 is 15.0 Å². The van der Waals surface area contributed by atoms with E-state index in [0.717, 1.165) is 47.0 Å². The Hall–Kier alpha value is -4.32. The minimum Gasteiger partial charge on any atom is -0.406 e. The molecule has 248 valence electrons. The standard InChI is InChI=1S/C35H39F3N6O2S/c1-23(2)30-7-5-6-8-31(30)44-25(4)18-20-47-34(44)41-33(45)39-19-17-24(3)21-26-9-11-27(12-10-26)32-40-22-43(42-32)28-13-15-29(16-14-28)46-35(36,37)38/h5-16,22-25H,17-21H2,1-4H3,(H,39,45). The van der Waals surface area contributed by atoms with Crippen LogP contribution in [0.2, 0.25) is 0 Å². The number of urea groups is 1. The first-order valence-electron chi connectivity index (χ1n) is 15.7. The lowest BCUT2D eigenvalue weighted by molar-refractivity contribution is -0.274. The number of aliphatic imine (C=N–C) groups is 1. The molecule has 8 nitrogen and oxygen atoms in total. The molecule has 1 fully saturated rings. The van der Waals surface area contributed by atoms with Gasteiger partial charge in [0.25, 0.3) is 0 Å². The fourth-order valence-electron chi connectivity index (χ4n) is 5.50. The summed E-state index contributed by atoms with van der Waals surface area (Å²) >= 11 is 1.63. The molecule has 2 unspecified atom stereocenters. The molecule has 1 aliphatic rings. The van der Waals surface area contributed by atoms with Crippen LogP contribution in [0.4, 0.5) is 23.7 Å². The van der Waals surface area contributed by atoms with Crippen molar-refractivity contribution in [3.8, 4) is 22.8 Å². The number of anilines is 1. The van der Waals surface area contributed by atoms with Gasteiger partial charge in [0, 0.05) is 29.6 Å². The predicted molar refractivity (Wildman–Crippen MR) is 181 cm³/mol. The molecular weight excluding hydrogens is 625 g/mol. The van der Waals surface area contributed by atoms with Gasteiger partial charge in [0.2, 0.25) is 0 Å². The third-order valence-corrected chi connectivity index (χ3v) is 8.95. The molecule has 0 radical (unpaired) electrons. The number of thioether (sulfide) groups is 1. The zero-order valence-corrected chi connectivity index (χ0v) is 27.7. The fourth-order valence-corrected chi connectivity index (χ4v) is 6.70. The van der Waals surface area contributed by atoms with E-state index in [1.807, 2.05) is 30.3 Å². The monoisotopic (exact) mass is 664 g/mol. The maximum Gasteiger partial charge on any atom is 0.573 e. The van der Waals surface area contributed by atoms with Gasteiger partial charge in [-0.3, -0.25) is 0 Å². The first kappa shape index (κ1) is 34.0. The Labute approximate surface area is 277 Å². The number of hydrogen-bond acceptors (Lipinski definition) is 5. The van der Waals surface area contributed by atoms with Crippen molar-refractivity contribution in [3.63, 3.8) is 0 Å². The molecule has 2 heterocycles. The van der Waals surface area contributed by atoms with Gasteiger partial charge >= 0.3 is 12.4 Å². The van der Waals surface area contributed by atoms with Gasteiger partial charge in [-0.05, 0) is 79.5 Å². The van der Waals surface area contributed by atoms with Crippen molar-refractivity contribution < 1.29 is 22.7 Å². The van der Waals surface area contributed by atoms with Crippen LogP contribution in [0.25, 0.3) is 17.1 Å². The lowest BCUT2D eigenvalue weighted by Gasteiger charge is -2.37. The van der Waals surface area contributed by atoms with E-state index in [0.29, 0.717) is 29.9 Å². The minimum absolute atomic E-state index is 0.253. The molecule has 0 spiro atoms. The van der Waals surface area contributed by atoms with Crippen LogP contribution in [0.3, 0.4) is 0 Å². The average molecular weight is 665 g/mol. The highest BCUT2D eigenvalue weighted by Crippen LogP contribution is 2.34. The number of hydrogen-bond donors (Lipinski definition) is 1. The molecule has 1 N–H and O–H groups in total. The summed E-state index contributed by atoms with van der Waals surface area (Å²) in [6.07, 6.45) is -0.558. The number of carbonyl (C=O) groups is 1. The molecule has 12 heteroatoms. The summed E-state index contributed by atoms with van der Waals surface area (Å²) in [5, 5.41) is 8.20. The number of carbonyl (C=O) groups excluding carboxylic acids is 1. The van der Waals surface area contributed by atoms with Gasteiger partial charge < -0.3 is 15.0 Å². The Balaban J connectivity index is 1.12. The highest BCUT2D eigenvalue weighted by molar-refractivity contribution is 8.14. The Morgan fingerprint density at radius 1 is 1.06 bits per heavy atom. The van der Waals surface area contributed by atoms with E-state index in [-0.39, 0.29) is 17.8 Å². The highest BCUT2D eigenvalue weighted by atomic mass is 32.2. The normalized spacial score (nSPS) is 16.8. The minimum atomic E-state index is -4.74. The summed E-state index contributed by atoms with van der Waals surface area (Å²) in [7, 11) is 0. The van der Waals surface area contributed by atoms with Gasteiger partial charge in [-0.15, -0.1) is 18.3 Å². The van der Waals surface area contributed by atoms with Gasteiger partial charge in [-0.2, -0.15) is 4.99 Å². The van der Waals surface area contributed by atoms with E-state index < -0.39 is 6.36 Å². The van der Waals surface area contributed by atoms with Gasteiger partial charge in [-0.25, -0.2) is 14.5 Å². The van der Waals surface area contributed by atoms with E-state index in [1.165, 1.54) is 40.8 Å². The Morgan fingerprint density at radius 2 is 1.79 bits per heavy atom. The third kappa shape index (κ3) is 9.15. The van der Waals surface area contributed by atoms with Crippen molar-refractivity contribution in [1.82, 2.24) is 20.1 Å². The molecule has 0 saturated carbocycles. The maximum absolute atomic E-state index is 12.9. The number of ether oxygens (including phenoxy) is 1. The van der Waals surface area contributed by atoms with E-state index in [2.05, 4.69) is 75.9 Å². The second-order valence-corrected chi connectivity index (χ2v) is 13.1. The SMILES string of the molecule is CC(CCNC(=O)N=C1SCCC(C)N1c1ccccc1C(C)C)Cc1ccc(-c2ncn(-c3ccc(OC(F)(F)F)cc3)n2)cc1. The van der Waals surface area contributed by atoms with Crippen LogP contribution in [-0.4, -0.2) is 50.7 Å². The molecule has 1 aromatic heterocycles. The van der Waals surface area contributed by atoms with Gasteiger partial charge in [0.15, 0.2) is 11.0 Å². The number of alkyl halides is 3. The summed E-state index contributed by atoms with van der Waals surface area (Å²) in [5.41, 5.74) is 4.90. The molecule has 5 rings (SSSR count). The summed E-state index contributed by atoms with van der Waals surface area (Å²) in [4.78, 5) is 24.0. The summed E-state index contributed by atoms with van der Waals surface area (Å²) in [5.74, 6) is 1.82. The molecule has 1 aliphatic heterocycles. The summed E-state index contributed by atoms with van der Waals surface area (Å²) in [6, 6.07) is 21.7. The number of amidine groups is 1. The molecule has 2 atom stereocenters. The van der Waals surface area contributed by atoms with Crippen LogP contribution in [0.15, 0.2) is 84.1 Å². The zero-order chi connectivity index (χ0) is 33.6. The van der Waals surface area contributed by atoms with Crippen LogP contribution in [0.5, 0.6) is 5.75 Å². The Morgan fingerprint density at radius 3 is 2.49 bits per heavy atom. The summed E-state index contributed by atoms with van der Waals surface area (Å²) < 4.78 is 42.7. The second kappa shape index (κ2) is 15.1. The van der Waals surface area contributed by atoms with Gasteiger partial charge in [0.05, 0.1) is 5.69 Å². The van der Waals surface area contributed by atoms with Crippen LogP contribution >= 0.6 is 11.8 Å². The molecule has 4 aromatic rings. The molecule has 2 amide bonds. The Bertz CT molecular complexity index is 1670. The van der Waals surface area contributed by atoms with Crippen molar-refractivity contribution in [2.45, 2.75) is 65.3 Å². The van der Waals surface area contributed by atoms with E-state index in [4.69, 9.17) is 0 Å². The number of aromatic nitrogens is 3. The Kier molecular flexibility index (Phi) is 10.9. The van der Waals surface area contributed by atoms with Crippen LogP contribution in [0, 0.1) is 5.92 Å². The molecule has 0 aliphatic carbocycles. The largest absolute Gasteiger partial charge is 0.573 e. The molecule has 0 bridgehead atoms. The molecule has 1 saturated heterocycles. The number of rotatable bonds is 10. The number of nitrogens with one attached hydrogen (secondary N) is 1. The highest BCUT2D eigenvalue weighted by Gasteiger charge is 2.31. The zero-order valence-electron chi connectivity index (χ0n) is 26.9. The molecular formula is C35H39F3N6O2S. The van der Waals surface area contributed by atoms with Crippen molar-refractivity contribution in [2.75, 3.05) is 17.2 Å². The lowest BCUT2D eigenvalue weighted by atomic mass is 9.97. The number of amides is 2. The first-order chi connectivity index (χ1) is 22.5. The van der Waals surface area contributed by atoms with E-state index >= 15 is 0 Å². The fraction of sp³-hybridized carbons (Fsp3) is 0.371. The number of halogens is 3. The number of benzene rings is 3. The number of nitrogens with zero attached hydrogens (tertiary/aromatic N) is 5. The molecule has 3 aromatic carbocycles. The second-order valence-electron chi connectivity index (χ2n) is 12.0. The smallest absolute Gasteiger partial charge is 0.406 e. The predicted octanol–water partition coefficient (Wildman–Crippen LogP) is 8.62. The van der Waals surface area contributed by atoms with Crippen molar-refractivity contribution >= 4 is 28.6 Å². The van der Waals surface area contributed by atoms with Gasteiger partial charge in [-0.1, -0.05) is 75.0 Å². The van der Waals surface area contributed by atoms with Crippen molar-refractivity contribution in [3.05, 3.63) is 90.3 Å². The third-order valence-electron chi connectivity index (χ3n) is 7.97. The first-order valence-corrected chi connectivity index (χ1v) is 16.7. The lowest BCUT2D eigenvalue weighted by Crippen LogP contribution is -2.42. The van der Waals surface area contributed by atoms with Crippen molar-refractivity contribution in [1.29, 1.82) is 0 Å². The van der Waals surface area contributed by atoms with E-state index in [1.54, 1.807) is 11.8 Å². The van der Waals surface area contributed by atoms with Crippen molar-refractivity contribution in [2.24, 2.45) is 10.9 Å². The van der Waals surface area contributed by atoms with E-state index in [9.17, 15) is 18.0 Å². The van der Waals surface area contributed by atoms with Crippen LogP contribution in [-0.2, 0) is 6.42 Å². The quantitative estimate of drug-likeness (QED) is 0.183. The average Bonchev–Trinajstić information content (AvgIpc) is 3.52.